The third-order valence-electron chi connectivity index (χ3n) is 2.94. The van der Waals surface area contributed by atoms with Crippen molar-refractivity contribution in [3.8, 4) is 0 Å². The van der Waals surface area contributed by atoms with Crippen molar-refractivity contribution in [2.45, 2.75) is 11.8 Å². The van der Waals surface area contributed by atoms with Gasteiger partial charge in [-0.3, -0.25) is 0 Å². The van der Waals surface area contributed by atoms with Crippen LogP contribution >= 0.6 is 54.8 Å². The van der Waals surface area contributed by atoms with Gasteiger partial charge in [0.25, 0.3) is 0 Å². The van der Waals surface area contributed by atoms with E-state index in [4.69, 9.17) is 11.6 Å². The third-order valence-corrected chi connectivity index (χ3v) is 6.12. The first-order valence-corrected chi connectivity index (χ1v) is 8.96. The molecule has 1 aromatic heterocycles. The van der Waals surface area contributed by atoms with E-state index in [1.54, 1.807) is 11.3 Å². The van der Waals surface area contributed by atoms with E-state index in [2.05, 4.69) is 49.0 Å². The van der Waals surface area contributed by atoms with Gasteiger partial charge in [-0.1, -0.05) is 55.6 Å². The van der Waals surface area contributed by atoms with Crippen LogP contribution in [0.5, 0.6) is 0 Å². The molecule has 0 unspecified atom stereocenters. The maximum atomic E-state index is 5.96. The monoisotopic (exact) mass is 407 g/mol. The molecule has 0 saturated carbocycles. The SMILES string of the molecule is Clc1ccc(C(CBr)(CBr)Cc2nccs2)cc1. The number of hydrogen-bond donors (Lipinski definition) is 0. The van der Waals surface area contributed by atoms with Gasteiger partial charge < -0.3 is 0 Å². The normalized spacial score (nSPS) is 11.7. The van der Waals surface area contributed by atoms with E-state index < -0.39 is 0 Å². The molecule has 0 N–H and O–H groups in total. The molecule has 5 heteroatoms. The molecule has 1 nitrogen and oxygen atoms in total. The van der Waals surface area contributed by atoms with Crippen molar-refractivity contribution in [3.05, 3.63) is 51.4 Å². The molecular formula is C13H12Br2ClNS. The molecule has 1 aromatic carbocycles. The van der Waals surface area contributed by atoms with Gasteiger partial charge in [-0.2, -0.15) is 0 Å². The molecule has 0 fully saturated rings. The standard InChI is InChI=1S/C13H12Br2ClNS/c14-8-13(9-15,7-12-17-5-6-18-12)10-1-3-11(16)4-2-10/h1-6H,7-9H2. The fourth-order valence-corrected chi connectivity index (χ4v) is 4.68. The first-order chi connectivity index (χ1) is 8.70. The van der Waals surface area contributed by atoms with Gasteiger partial charge in [-0.15, -0.1) is 11.3 Å². The second kappa shape index (κ2) is 6.51. The van der Waals surface area contributed by atoms with Gasteiger partial charge in [0, 0.05) is 39.1 Å². The predicted molar refractivity (Wildman–Crippen MR) is 86.5 cm³/mol. The highest BCUT2D eigenvalue weighted by molar-refractivity contribution is 9.09. The molecule has 0 amide bonds. The summed E-state index contributed by atoms with van der Waals surface area (Å²) in [5, 5.41) is 5.71. The van der Waals surface area contributed by atoms with Crippen LogP contribution < -0.4 is 0 Å². The van der Waals surface area contributed by atoms with Gasteiger partial charge in [0.2, 0.25) is 0 Å². The van der Waals surface area contributed by atoms with E-state index in [9.17, 15) is 0 Å². The average Bonchev–Trinajstić information content (AvgIpc) is 2.90. The smallest absolute Gasteiger partial charge is 0.0934 e. The summed E-state index contributed by atoms with van der Waals surface area (Å²) in [7, 11) is 0. The van der Waals surface area contributed by atoms with E-state index in [0.29, 0.717) is 0 Å². The summed E-state index contributed by atoms with van der Waals surface area (Å²) in [6, 6.07) is 8.08. The summed E-state index contributed by atoms with van der Waals surface area (Å²) in [6.45, 7) is 0. The Hall–Kier alpha value is 0.100. The third kappa shape index (κ3) is 3.16. The molecule has 0 spiro atoms. The Labute approximate surface area is 133 Å². The second-order valence-corrected chi connectivity index (χ2v) is 6.69. The Morgan fingerprint density at radius 2 is 1.83 bits per heavy atom. The zero-order valence-electron chi connectivity index (χ0n) is 9.57. The molecule has 2 aromatic rings. The van der Waals surface area contributed by atoms with Crippen LogP contribution in [0.1, 0.15) is 10.6 Å². The molecule has 0 aliphatic carbocycles. The Balaban J connectivity index is 2.33. The van der Waals surface area contributed by atoms with E-state index in [0.717, 1.165) is 27.1 Å². The fraction of sp³-hybridized carbons (Fsp3) is 0.308. The summed E-state index contributed by atoms with van der Waals surface area (Å²) in [5.41, 5.74) is 1.29. The van der Waals surface area contributed by atoms with Crippen LogP contribution in [-0.2, 0) is 11.8 Å². The number of aromatic nitrogens is 1. The van der Waals surface area contributed by atoms with E-state index in [1.807, 2.05) is 23.7 Å². The molecule has 0 atom stereocenters. The number of thiazole rings is 1. The Kier molecular flexibility index (Phi) is 5.24. The quantitative estimate of drug-likeness (QED) is 0.629. The average molecular weight is 410 g/mol. The Morgan fingerprint density at radius 3 is 2.33 bits per heavy atom. The largest absolute Gasteiger partial charge is 0.250 e. The lowest BCUT2D eigenvalue weighted by Gasteiger charge is -2.30. The molecule has 0 bridgehead atoms. The highest BCUT2D eigenvalue weighted by atomic mass is 79.9. The van der Waals surface area contributed by atoms with Gasteiger partial charge in [0.15, 0.2) is 0 Å². The molecule has 18 heavy (non-hydrogen) atoms. The molecule has 0 radical (unpaired) electrons. The second-order valence-electron chi connectivity index (χ2n) is 4.16. The van der Waals surface area contributed by atoms with Crippen LogP contribution in [0.25, 0.3) is 0 Å². The highest BCUT2D eigenvalue weighted by Gasteiger charge is 2.31. The molecule has 96 valence electrons. The summed E-state index contributed by atoms with van der Waals surface area (Å²) in [5.74, 6) is 0. The first-order valence-electron chi connectivity index (χ1n) is 5.46. The lowest BCUT2D eigenvalue weighted by atomic mass is 9.82. The van der Waals surface area contributed by atoms with Crippen molar-refractivity contribution >= 4 is 54.8 Å². The maximum Gasteiger partial charge on any atom is 0.0934 e. The van der Waals surface area contributed by atoms with Gasteiger partial charge in [-0.05, 0) is 17.7 Å². The lowest BCUT2D eigenvalue weighted by molar-refractivity contribution is 0.549. The predicted octanol–water partition coefficient (Wildman–Crippen LogP) is 5.07. The minimum Gasteiger partial charge on any atom is -0.250 e. The van der Waals surface area contributed by atoms with E-state index in [-0.39, 0.29) is 5.41 Å². The topological polar surface area (TPSA) is 12.9 Å². The van der Waals surface area contributed by atoms with Crippen LogP contribution in [0.15, 0.2) is 35.8 Å². The van der Waals surface area contributed by atoms with Crippen molar-refractivity contribution in [2.24, 2.45) is 0 Å². The fourth-order valence-electron chi connectivity index (χ4n) is 1.82. The van der Waals surface area contributed by atoms with Crippen LogP contribution in [0.3, 0.4) is 0 Å². The van der Waals surface area contributed by atoms with Gasteiger partial charge in [0.05, 0.1) is 5.01 Å². The van der Waals surface area contributed by atoms with Crippen molar-refractivity contribution in [1.82, 2.24) is 4.98 Å². The lowest BCUT2D eigenvalue weighted by Crippen LogP contribution is -2.32. The number of alkyl halides is 2. The molecule has 2 rings (SSSR count). The molecule has 0 aliphatic rings. The van der Waals surface area contributed by atoms with Crippen molar-refractivity contribution in [1.29, 1.82) is 0 Å². The van der Waals surface area contributed by atoms with Gasteiger partial charge in [0.1, 0.15) is 0 Å². The number of benzene rings is 1. The van der Waals surface area contributed by atoms with Crippen molar-refractivity contribution < 1.29 is 0 Å². The summed E-state index contributed by atoms with van der Waals surface area (Å²) >= 11 is 15.0. The summed E-state index contributed by atoms with van der Waals surface area (Å²) in [4.78, 5) is 4.39. The first kappa shape index (κ1) is 14.5. The van der Waals surface area contributed by atoms with Gasteiger partial charge >= 0.3 is 0 Å². The zero-order valence-corrected chi connectivity index (χ0v) is 14.3. The van der Waals surface area contributed by atoms with E-state index in [1.165, 1.54) is 5.56 Å². The van der Waals surface area contributed by atoms with Crippen LogP contribution in [0.4, 0.5) is 0 Å². The number of nitrogens with zero attached hydrogens (tertiary/aromatic N) is 1. The van der Waals surface area contributed by atoms with Crippen molar-refractivity contribution in [2.75, 3.05) is 10.7 Å². The molecule has 1 heterocycles. The van der Waals surface area contributed by atoms with Crippen molar-refractivity contribution in [3.63, 3.8) is 0 Å². The molecular weight excluding hydrogens is 397 g/mol. The molecule has 0 saturated heterocycles. The summed E-state index contributed by atoms with van der Waals surface area (Å²) in [6.07, 6.45) is 2.78. The number of halogens is 3. The van der Waals surface area contributed by atoms with Crippen LogP contribution in [0, 0.1) is 0 Å². The van der Waals surface area contributed by atoms with E-state index >= 15 is 0 Å². The Morgan fingerprint density at radius 1 is 1.17 bits per heavy atom. The molecule has 0 aliphatic heterocycles. The summed E-state index contributed by atoms with van der Waals surface area (Å²) < 4.78 is 0. The Bertz CT molecular complexity index is 480. The minimum atomic E-state index is 0.0163. The minimum absolute atomic E-state index is 0.0163. The maximum absolute atomic E-state index is 5.96. The highest BCUT2D eigenvalue weighted by Crippen LogP contribution is 2.34. The number of rotatable bonds is 5. The zero-order chi connectivity index (χ0) is 13.0. The van der Waals surface area contributed by atoms with Crippen LogP contribution in [0.2, 0.25) is 5.02 Å². The van der Waals surface area contributed by atoms with Gasteiger partial charge in [-0.25, -0.2) is 4.98 Å². The number of hydrogen-bond acceptors (Lipinski definition) is 2. The van der Waals surface area contributed by atoms with Crippen LogP contribution in [-0.4, -0.2) is 15.6 Å².